The molecule has 0 aromatic carbocycles. The molecule has 0 atom stereocenters. The zero-order chi connectivity index (χ0) is 11.1. The fourth-order valence-electron chi connectivity index (χ4n) is 1.21. The number of likely N-dealkylation sites (N-methyl/N-ethyl adjacent to an activating group) is 1. The van der Waals surface area contributed by atoms with Crippen LogP contribution in [0.25, 0.3) is 0 Å². The molecule has 0 radical (unpaired) electrons. The molecule has 0 aliphatic carbocycles. The number of nitrogens with zero attached hydrogens (tertiary/aromatic N) is 3. The molecule has 0 aliphatic heterocycles. The smallest absolute Gasteiger partial charge is 0.233 e. The van der Waals surface area contributed by atoms with E-state index in [1.54, 1.807) is 6.20 Å². The van der Waals surface area contributed by atoms with Crippen molar-refractivity contribution in [3.05, 3.63) is 17.5 Å². The first kappa shape index (κ1) is 12.2. The van der Waals surface area contributed by atoms with Crippen LogP contribution in [-0.2, 0) is 0 Å². The first-order valence-electron chi connectivity index (χ1n) is 5.09. The van der Waals surface area contributed by atoms with E-state index in [9.17, 15) is 0 Å². The largest absolute Gasteiger partial charge is 0.475 e. The van der Waals surface area contributed by atoms with Crippen molar-refractivity contribution in [2.45, 2.75) is 13.8 Å². The molecule has 0 amide bonds. The molecule has 0 unspecified atom stereocenters. The van der Waals surface area contributed by atoms with Crippen molar-refractivity contribution in [3.8, 4) is 5.88 Å². The normalized spacial score (nSPS) is 10.7. The summed E-state index contributed by atoms with van der Waals surface area (Å²) in [6.45, 7) is 7.81. The van der Waals surface area contributed by atoms with Gasteiger partial charge < -0.3 is 9.64 Å². The summed E-state index contributed by atoms with van der Waals surface area (Å²) in [4.78, 5) is 10.1. The highest BCUT2D eigenvalue weighted by atomic mass is 35.5. The van der Waals surface area contributed by atoms with E-state index in [4.69, 9.17) is 16.3 Å². The van der Waals surface area contributed by atoms with Gasteiger partial charge in [0.1, 0.15) is 6.61 Å². The zero-order valence-electron chi connectivity index (χ0n) is 9.11. The number of rotatable bonds is 6. The van der Waals surface area contributed by atoms with Crippen LogP contribution in [0.15, 0.2) is 12.4 Å². The lowest BCUT2D eigenvalue weighted by Crippen LogP contribution is -2.28. The van der Waals surface area contributed by atoms with Crippen molar-refractivity contribution in [3.63, 3.8) is 0 Å². The Morgan fingerprint density at radius 1 is 1.33 bits per heavy atom. The summed E-state index contributed by atoms with van der Waals surface area (Å²) in [5.74, 6) is 0.481. The monoisotopic (exact) mass is 229 g/mol. The maximum Gasteiger partial charge on any atom is 0.233 e. The molecule has 5 heteroatoms. The van der Waals surface area contributed by atoms with E-state index >= 15 is 0 Å². The minimum Gasteiger partial charge on any atom is -0.475 e. The molecule has 0 fully saturated rings. The quantitative estimate of drug-likeness (QED) is 0.746. The van der Waals surface area contributed by atoms with Gasteiger partial charge in [0.15, 0.2) is 5.15 Å². The van der Waals surface area contributed by atoms with Crippen LogP contribution in [-0.4, -0.2) is 41.1 Å². The van der Waals surface area contributed by atoms with Gasteiger partial charge in [-0.3, -0.25) is 4.98 Å². The standard InChI is InChI=1S/C10H16ClN3O/c1-3-14(4-2)5-6-15-10-8-12-7-9(11)13-10/h7-8H,3-6H2,1-2H3. The Balaban J connectivity index is 2.31. The van der Waals surface area contributed by atoms with Gasteiger partial charge >= 0.3 is 0 Å². The molecule has 1 aromatic heterocycles. The summed E-state index contributed by atoms with van der Waals surface area (Å²) in [5.41, 5.74) is 0. The van der Waals surface area contributed by atoms with Gasteiger partial charge in [-0.1, -0.05) is 25.4 Å². The molecule has 84 valence electrons. The summed E-state index contributed by atoms with van der Waals surface area (Å²) in [5, 5.41) is 0.357. The highest BCUT2D eigenvalue weighted by molar-refractivity contribution is 6.29. The van der Waals surface area contributed by atoms with Gasteiger partial charge in [-0.2, -0.15) is 4.98 Å². The van der Waals surface area contributed by atoms with Crippen LogP contribution >= 0.6 is 11.6 Å². The summed E-state index contributed by atoms with van der Waals surface area (Å²) in [7, 11) is 0. The molecule has 0 aliphatic rings. The summed E-state index contributed by atoms with van der Waals surface area (Å²) in [6.07, 6.45) is 3.05. The third kappa shape index (κ3) is 4.44. The molecule has 1 rings (SSSR count). The molecular formula is C10H16ClN3O. The Hall–Kier alpha value is -0.870. The average molecular weight is 230 g/mol. The lowest BCUT2D eigenvalue weighted by molar-refractivity contribution is 0.217. The first-order chi connectivity index (χ1) is 7.26. The predicted octanol–water partition coefficient (Wildman–Crippen LogP) is 1.85. The van der Waals surface area contributed by atoms with Gasteiger partial charge in [0.05, 0.1) is 12.4 Å². The van der Waals surface area contributed by atoms with Crippen molar-refractivity contribution >= 4 is 11.6 Å². The lowest BCUT2D eigenvalue weighted by atomic mass is 10.5. The fraction of sp³-hybridized carbons (Fsp3) is 0.600. The van der Waals surface area contributed by atoms with Crippen LogP contribution < -0.4 is 4.74 Å². The Labute approximate surface area is 95.2 Å². The SMILES string of the molecule is CCN(CC)CCOc1cncc(Cl)n1. The van der Waals surface area contributed by atoms with E-state index in [0.29, 0.717) is 17.6 Å². The number of aromatic nitrogens is 2. The molecule has 0 spiro atoms. The van der Waals surface area contributed by atoms with Gasteiger partial charge in [0.25, 0.3) is 0 Å². The van der Waals surface area contributed by atoms with Crippen LogP contribution in [0.2, 0.25) is 5.15 Å². The maximum absolute atomic E-state index is 5.68. The van der Waals surface area contributed by atoms with Crippen LogP contribution in [0.1, 0.15) is 13.8 Å². The molecule has 0 bridgehead atoms. The van der Waals surface area contributed by atoms with E-state index < -0.39 is 0 Å². The van der Waals surface area contributed by atoms with E-state index in [-0.39, 0.29) is 0 Å². The van der Waals surface area contributed by atoms with E-state index in [1.807, 2.05) is 0 Å². The molecule has 0 saturated heterocycles. The molecule has 15 heavy (non-hydrogen) atoms. The first-order valence-corrected chi connectivity index (χ1v) is 5.46. The number of hydrogen-bond donors (Lipinski definition) is 0. The topological polar surface area (TPSA) is 38.2 Å². The summed E-state index contributed by atoms with van der Waals surface area (Å²) < 4.78 is 5.42. The Morgan fingerprint density at radius 2 is 2.07 bits per heavy atom. The van der Waals surface area contributed by atoms with Crippen molar-refractivity contribution < 1.29 is 4.74 Å². The maximum atomic E-state index is 5.68. The van der Waals surface area contributed by atoms with Crippen molar-refractivity contribution in [2.24, 2.45) is 0 Å². The zero-order valence-corrected chi connectivity index (χ0v) is 9.87. The van der Waals surface area contributed by atoms with Gasteiger partial charge in [-0.25, -0.2) is 0 Å². The van der Waals surface area contributed by atoms with Crippen molar-refractivity contribution in [1.82, 2.24) is 14.9 Å². The Bertz CT molecular complexity index is 292. The second-order valence-corrected chi connectivity index (χ2v) is 3.44. The highest BCUT2D eigenvalue weighted by Gasteiger charge is 2.00. The minimum atomic E-state index is 0.357. The average Bonchev–Trinajstić information content (AvgIpc) is 2.25. The molecule has 1 heterocycles. The summed E-state index contributed by atoms with van der Waals surface area (Å²) in [6, 6.07) is 0. The minimum absolute atomic E-state index is 0.357. The third-order valence-electron chi connectivity index (χ3n) is 2.13. The number of ether oxygens (including phenoxy) is 1. The number of halogens is 1. The fourth-order valence-corrected chi connectivity index (χ4v) is 1.35. The van der Waals surface area contributed by atoms with E-state index in [0.717, 1.165) is 19.6 Å². The van der Waals surface area contributed by atoms with E-state index in [1.165, 1.54) is 6.20 Å². The number of hydrogen-bond acceptors (Lipinski definition) is 4. The summed E-state index contributed by atoms with van der Waals surface area (Å²) >= 11 is 5.68. The van der Waals surface area contributed by atoms with Crippen LogP contribution in [0.4, 0.5) is 0 Å². The highest BCUT2D eigenvalue weighted by Crippen LogP contribution is 2.08. The predicted molar refractivity (Wildman–Crippen MR) is 60.3 cm³/mol. The molecule has 0 N–H and O–H groups in total. The Morgan fingerprint density at radius 3 is 2.67 bits per heavy atom. The van der Waals surface area contributed by atoms with Crippen LogP contribution in [0, 0.1) is 0 Å². The molecule has 0 saturated carbocycles. The van der Waals surface area contributed by atoms with Gasteiger partial charge in [0, 0.05) is 6.54 Å². The molecular weight excluding hydrogens is 214 g/mol. The van der Waals surface area contributed by atoms with Gasteiger partial charge in [-0.05, 0) is 13.1 Å². The molecule has 4 nitrogen and oxygen atoms in total. The van der Waals surface area contributed by atoms with Gasteiger partial charge in [-0.15, -0.1) is 0 Å². The van der Waals surface area contributed by atoms with Crippen LogP contribution in [0.5, 0.6) is 5.88 Å². The lowest BCUT2D eigenvalue weighted by Gasteiger charge is -2.17. The second-order valence-electron chi connectivity index (χ2n) is 3.06. The Kier molecular flexibility index (Phi) is 5.36. The second kappa shape index (κ2) is 6.58. The van der Waals surface area contributed by atoms with Crippen LogP contribution in [0.3, 0.4) is 0 Å². The third-order valence-corrected chi connectivity index (χ3v) is 2.32. The van der Waals surface area contributed by atoms with E-state index in [2.05, 4.69) is 28.7 Å². The van der Waals surface area contributed by atoms with Crippen molar-refractivity contribution in [2.75, 3.05) is 26.2 Å². The van der Waals surface area contributed by atoms with Gasteiger partial charge in [0.2, 0.25) is 5.88 Å². The molecule has 1 aromatic rings. The van der Waals surface area contributed by atoms with Crippen molar-refractivity contribution in [1.29, 1.82) is 0 Å².